The van der Waals surface area contributed by atoms with Gasteiger partial charge in [-0.05, 0) is 13.3 Å². The third kappa shape index (κ3) is 2.28. The second-order valence-corrected chi connectivity index (χ2v) is 6.15. The SMILES string of the molecule is CN(C)C(=O)CN(C)C(=O)C1(C)CC1(Cl)Cl. The first-order valence-corrected chi connectivity index (χ1v) is 5.71. The highest BCUT2D eigenvalue weighted by molar-refractivity contribution is 6.53. The molecular weight excluding hydrogens is 251 g/mol. The van der Waals surface area contributed by atoms with E-state index in [9.17, 15) is 9.59 Å². The number of amides is 2. The Labute approximate surface area is 105 Å². The summed E-state index contributed by atoms with van der Waals surface area (Å²) in [4.78, 5) is 26.2. The number of hydrogen-bond donors (Lipinski definition) is 0. The number of nitrogens with zero attached hydrogens (tertiary/aromatic N) is 2. The van der Waals surface area contributed by atoms with E-state index in [0.717, 1.165) is 0 Å². The average Bonchev–Trinajstić information content (AvgIpc) is 2.65. The molecule has 6 heteroatoms. The Morgan fingerprint density at radius 1 is 1.25 bits per heavy atom. The first kappa shape index (κ1) is 13.6. The van der Waals surface area contributed by atoms with Crippen molar-refractivity contribution in [1.82, 2.24) is 9.80 Å². The Morgan fingerprint density at radius 3 is 2.00 bits per heavy atom. The van der Waals surface area contributed by atoms with Crippen molar-refractivity contribution >= 4 is 35.0 Å². The largest absolute Gasteiger partial charge is 0.347 e. The minimum absolute atomic E-state index is 0.0469. The molecule has 1 aliphatic rings. The zero-order chi connectivity index (χ0) is 12.7. The summed E-state index contributed by atoms with van der Waals surface area (Å²) in [5, 5.41) is 0. The van der Waals surface area contributed by atoms with Gasteiger partial charge in [-0.2, -0.15) is 0 Å². The summed E-state index contributed by atoms with van der Waals surface area (Å²) >= 11 is 11.8. The van der Waals surface area contributed by atoms with Gasteiger partial charge in [0.1, 0.15) is 4.33 Å². The van der Waals surface area contributed by atoms with Crippen LogP contribution in [-0.2, 0) is 9.59 Å². The van der Waals surface area contributed by atoms with Gasteiger partial charge in [-0.1, -0.05) is 0 Å². The van der Waals surface area contributed by atoms with Crippen molar-refractivity contribution < 1.29 is 9.59 Å². The van der Waals surface area contributed by atoms with Gasteiger partial charge in [0, 0.05) is 21.1 Å². The molecule has 0 aromatic rings. The van der Waals surface area contributed by atoms with Crippen LogP contribution in [0.25, 0.3) is 0 Å². The van der Waals surface area contributed by atoms with Crippen LogP contribution in [0.3, 0.4) is 0 Å². The minimum atomic E-state index is -0.987. The summed E-state index contributed by atoms with van der Waals surface area (Å²) in [5.41, 5.74) is -0.753. The summed E-state index contributed by atoms with van der Waals surface area (Å²) in [6, 6.07) is 0. The monoisotopic (exact) mass is 266 g/mol. The number of carbonyl (C=O) groups is 2. The zero-order valence-corrected chi connectivity index (χ0v) is 11.4. The van der Waals surface area contributed by atoms with Crippen molar-refractivity contribution in [1.29, 1.82) is 0 Å². The van der Waals surface area contributed by atoms with E-state index in [1.54, 1.807) is 28.1 Å². The van der Waals surface area contributed by atoms with Crippen LogP contribution in [0.2, 0.25) is 0 Å². The highest BCUT2D eigenvalue weighted by Gasteiger charge is 2.68. The number of hydrogen-bond acceptors (Lipinski definition) is 2. The van der Waals surface area contributed by atoms with Crippen LogP contribution < -0.4 is 0 Å². The van der Waals surface area contributed by atoms with Crippen LogP contribution in [0.4, 0.5) is 0 Å². The normalized spacial score (nSPS) is 26.1. The summed E-state index contributed by atoms with van der Waals surface area (Å²) in [5.74, 6) is -0.317. The van der Waals surface area contributed by atoms with Crippen molar-refractivity contribution in [2.24, 2.45) is 5.41 Å². The van der Waals surface area contributed by atoms with Gasteiger partial charge in [-0.3, -0.25) is 9.59 Å². The Bertz CT molecular complexity index is 331. The first-order chi connectivity index (χ1) is 7.12. The lowest BCUT2D eigenvalue weighted by atomic mass is 10.1. The molecule has 0 saturated heterocycles. The molecule has 0 aromatic carbocycles. The molecule has 0 aromatic heterocycles. The Kier molecular flexibility index (Phi) is 3.46. The van der Waals surface area contributed by atoms with Gasteiger partial charge < -0.3 is 9.80 Å². The summed E-state index contributed by atoms with van der Waals surface area (Å²) in [6.45, 7) is 1.76. The fourth-order valence-electron chi connectivity index (χ4n) is 1.47. The first-order valence-electron chi connectivity index (χ1n) is 4.95. The maximum absolute atomic E-state index is 12.0. The van der Waals surface area contributed by atoms with E-state index in [2.05, 4.69) is 0 Å². The van der Waals surface area contributed by atoms with Crippen LogP contribution in [0.1, 0.15) is 13.3 Å². The highest BCUT2D eigenvalue weighted by atomic mass is 35.5. The van der Waals surface area contributed by atoms with E-state index in [1.165, 1.54) is 9.80 Å². The zero-order valence-electron chi connectivity index (χ0n) is 9.88. The second kappa shape index (κ2) is 4.08. The molecule has 1 atom stereocenters. The van der Waals surface area contributed by atoms with Gasteiger partial charge in [-0.15, -0.1) is 23.2 Å². The van der Waals surface area contributed by atoms with Crippen molar-refractivity contribution in [3.05, 3.63) is 0 Å². The molecule has 1 saturated carbocycles. The van der Waals surface area contributed by atoms with Crippen molar-refractivity contribution in [3.8, 4) is 0 Å². The average molecular weight is 267 g/mol. The predicted molar refractivity (Wildman–Crippen MR) is 63.5 cm³/mol. The molecule has 1 unspecified atom stereocenters. The molecular formula is C10H16Cl2N2O2. The van der Waals surface area contributed by atoms with Gasteiger partial charge in [0.15, 0.2) is 0 Å². The van der Waals surface area contributed by atoms with E-state index in [0.29, 0.717) is 6.42 Å². The van der Waals surface area contributed by atoms with Gasteiger partial charge >= 0.3 is 0 Å². The molecule has 0 spiro atoms. The van der Waals surface area contributed by atoms with Gasteiger partial charge in [-0.25, -0.2) is 0 Å². The predicted octanol–water partition coefficient (Wildman–Crippen LogP) is 1.12. The van der Waals surface area contributed by atoms with Gasteiger partial charge in [0.05, 0.1) is 12.0 Å². The molecule has 16 heavy (non-hydrogen) atoms. The molecule has 0 heterocycles. The number of alkyl halides is 2. The lowest BCUT2D eigenvalue weighted by Gasteiger charge is -2.23. The molecule has 92 valence electrons. The van der Waals surface area contributed by atoms with Crippen LogP contribution >= 0.6 is 23.2 Å². The molecule has 0 bridgehead atoms. The summed E-state index contributed by atoms with van der Waals surface area (Å²) in [6.07, 6.45) is 0.433. The van der Waals surface area contributed by atoms with Crippen molar-refractivity contribution in [2.45, 2.75) is 17.7 Å². The number of halogens is 2. The standard InChI is InChI=1S/C10H16Cl2N2O2/c1-9(6-10(9,11)12)8(16)14(4)5-7(15)13(2)3/h5-6H2,1-4H3. The molecule has 1 rings (SSSR count). The van der Waals surface area contributed by atoms with E-state index in [4.69, 9.17) is 23.2 Å². The maximum atomic E-state index is 12.0. The van der Waals surface area contributed by atoms with Crippen molar-refractivity contribution in [3.63, 3.8) is 0 Å². The van der Waals surface area contributed by atoms with Crippen LogP contribution in [-0.4, -0.2) is 53.6 Å². The van der Waals surface area contributed by atoms with Crippen LogP contribution in [0.15, 0.2) is 0 Å². The molecule has 0 aliphatic heterocycles. The Morgan fingerprint density at radius 2 is 1.69 bits per heavy atom. The number of rotatable bonds is 3. The fourth-order valence-corrected chi connectivity index (χ4v) is 2.17. The van der Waals surface area contributed by atoms with E-state index < -0.39 is 9.75 Å². The third-order valence-electron chi connectivity index (χ3n) is 2.95. The Balaban J connectivity index is 2.60. The quantitative estimate of drug-likeness (QED) is 0.719. The lowest BCUT2D eigenvalue weighted by Crippen LogP contribution is -2.41. The number of likely N-dealkylation sites (N-methyl/N-ethyl adjacent to an activating group) is 2. The second-order valence-electron chi connectivity index (χ2n) is 4.66. The lowest BCUT2D eigenvalue weighted by molar-refractivity contribution is -0.141. The molecule has 0 radical (unpaired) electrons. The molecule has 0 N–H and O–H groups in total. The fraction of sp³-hybridized carbons (Fsp3) is 0.800. The van der Waals surface area contributed by atoms with E-state index in [-0.39, 0.29) is 18.4 Å². The number of carbonyl (C=O) groups excluding carboxylic acids is 2. The van der Waals surface area contributed by atoms with Gasteiger partial charge in [0.25, 0.3) is 0 Å². The third-order valence-corrected chi connectivity index (χ3v) is 4.05. The highest BCUT2D eigenvalue weighted by Crippen LogP contribution is 2.64. The van der Waals surface area contributed by atoms with Crippen LogP contribution in [0.5, 0.6) is 0 Å². The maximum Gasteiger partial charge on any atom is 0.241 e. The van der Waals surface area contributed by atoms with E-state index >= 15 is 0 Å². The van der Waals surface area contributed by atoms with Crippen molar-refractivity contribution in [2.75, 3.05) is 27.7 Å². The minimum Gasteiger partial charge on any atom is -0.347 e. The summed E-state index contributed by atoms with van der Waals surface area (Å²) < 4.78 is -0.987. The molecule has 4 nitrogen and oxygen atoms in total. The summed E-state index contributed by atoms with van der Waals surface area (Å²) in [7, 11) is 4.87. The smallest absolute Gasteiger partial charge is 0.241 e. The molecule has 2 amide bonds. The van der Waals surface area contributed by atoms with Crippen LogP contribution in [0, 0.1) is 5.41 Å². The molecule has 1 fully saturated rings. The topological polar surface area (TPSA) is 40.6 Å². The van der Waals surface area contributed by atoms with Gasteiger partial charge in [0.2, 0.25) is 11.8 Å². The Hall–Kier alpha value is -0.480. The molecule has 1 aliphatic carbocycles. The van der Waals surface area contributed by atoms with E-state index in [1.807, 2.05) is 0 Å².